The van der Waals surface area contributed by atoms with Gasteiger partial charge in [0.25, 0.3) is 5.24 Å². The van der Waals surface area contributed by atoms with Gasteiger partial charge in [0.05, 0.1) is 14.9 Å². The zero-order valence-corrected chi connectivity index (χ0v) is 14.5. The molecule has 0 atom stereocenters. The summed E-state index contributed by atoms with van der Waals surface area (Å²) in [7, 11) is 1.54. The molecule has 0 unspecified atom stereocenters. The molecule has 0 saturated heterocycles. The largest absolute Gasteiger partial charge is 0.284 e. The molecule has 0 aliphatic carbocycles. The number of hydrogen-bond acceptors (Lipinski definition) is 4. The highest BCUT2D eigenvalue weighted by atomic mass is 79.9. The van der Waals surface area contributed by atoms with Crippen LogP contribution in [0.15, 0.2) is 34.9 Å². The number of fused-ring (bicyclic) bond motifs is 1. The molecular weight excluding hydrogens is 389 g/mol. The van der Waals surface area contributed by atoms with Crippen LogP contribution in [0.5, 0.6) is 0 Å². The van der Waals surface area contributed by atoms with E-state index in [-0.39, 0.29) is 5.52 Å². The quantitative estimate of drug-likeness (QED) is 0.634. The Morgan fingerprint density at radius 2 is 2.23 bits per heavy atom. The van der Waals surface area contributed by atoms with Crippen molar-refractivity contribution < 1.29 is 9.18 Å². The third kappa shape index (κ3) is 2.62. The van der Waals surface area contributed by atoms with Crippen molar-refractivity contribution in [2.45, 2.75) is 0 Å². The molecule has 0 fully saturated rings. The molecule has 0 saturated carbocycles. The topological polar surface area (TPSA) is 46.1 Å². The average Bonchev–Trinajstić information content (AvgIpc) is 2.96. The second-order valence-electron chi connectivity index (χ2n) is 4.45. The van der Waals surface area contributed by atoms with Crippen molar-refractivity contribution in [2.75, 3.05) is 11.9 Å². The molecular formula is C14H9BrFN3OS2. The first-order chi connectivity index (χ1) is 10.5. The standard InChI is InChI=1S/C14H9BrFN3OS2/c1-19(14(20)21)13-18-11-10(16)8(15)6-7(12(11)22-13)9-4-2-3-5-17-9/h2-6H,1H3,(H,20,21). The molecule has 3 aromatic rings. The SMILES string of the molecule is CN(C(=O)S)c1nc2c(F)c(Br)cc(-c3ccccn3)c2s1. The van der Waals surface area contributed by atoms with Crippen LogP contribution >= 0.6 is 39.9 Å². The first-order valence-electron chi connectivity index (χ1n) is 6.15. The molecule has 3 rings (SSSR count). The van der Waals surface area contributed by atoms with Gasteiger partial charge in [-0.05, 0) is 34.1 Å². The van der Waals surface area contributed by atoms with Crippen molar-refractivity contribution in [3.63, 3.8) is 0 Å². The first kappa shape index (κ1) is 15.4. The van der Waals surface area contributed by atoms with Crippen LogP contribution in [0.4, 0.5) is 14.3 Å². The van der Waals surface area contributed by atoms with Crippen molar-refractivity contribution in [1.82, 2.24) is 9.97 Å². The Labute approximate surface area is 143 Å². The molecule has 112 valence electrons. The van der Waals surface area contributed by atoms with E-state index in [0.29, 0.717) is 20.0 Å². The number of carbonyl (C=O) groups excluding carboxylic acids is 1. The summed E-state index contributed by atoms with van der Waals surface area (Å²) < 4.78 is 15.3. The maximum atomic E-state index is 14.3. The maximum Gasteiger partial charge on any atom is 0.284 e. The monoisotopic (exact) mass is 397 g/mol. The minimum atomic E-state index is -0.461. The van der Waals surface area contributed by atoms with Gasteiger partial charge >= 0.3 is 0 Å². The van der Waals surface area contributed by atoms with E-state index in [9.17, 15) is 9.18 Å². The minimum absolute atomic E-state index is 0.205. The van der Waals surface area contributed by atoms with Gasteiger partial charge < -0.3 is 0 Å². The Hall–Kier alpha value is -1.51. The number of thiol groups is 1. The van der Waals surface area contributed by atoms with Crippen LogP contribution in [0.2, 0.25) is 0 Å². The summed E-state index contributed by atoms with van der Waals surface area (Å²) in [6, 6.07) is 7.18. The van der Waals surface area contributed by atoms with E-state index in [4.69, 9.17) is 0 Å². The highest BCUT2D eigenvalue weighted by Crippen LogP contribution is 2.39. The number of anilines is 1. The van der Waals surface area contributed by atoms with E-state index in [0.717, 1.165) is 5.56 Å². The van der Waals surface area contributed by atoms with E-state index in [1.807, 2.05) is 18.2 Å². The molecule has 2 aromatic heterocycles. The van der Waals surface area contributed by atoms with Crippen LogP contribution in [-0.4, -0.2) is 22.3 Å². The Balaban J connectivity index is 2.30. The Bertz CT molecular complexity index is 869. The fourth-order valence-corrected chi connectivity index (χ4v) is 3.57. The molecule has 1 aromatic carbocycles. The molecule has 0 aliphatic rings. The Morgan fingerprint density at radius 3 is 2.86 bits per heavy atom. The number of amides is 1. The van der Waals surface area contributed by atoms with Crippen molar-refractivity contribution in [1.29, 1.82) is 0 Å². The third-order valence-corrected chi connectivity index (χ3v) is 5.11. The summed E-state index contributed by atoms with van der Waals surface area (Å²) >= 11 is 8.19. The third-order valence-electron chi connectivity index (χ3n) is 3.06. The number of aromatic nitrogens is 2. The normalized spacial score (nSPS) is 10.9. The molecule has 1 amide bonds. The van der Waals surface area contributed by atoms with E-state index < -0.39 is 11.1 Å². The fourth-order valence-electron chi connectivity index (χ4n) is 1.95. The summed E-state index contributed by atoms with van der Waals surface area (Å²) in [5.41, 5.74) is 1.67. The lowest BCUT2D eigenvalue weighted by Crippen LogP contribution is -2.19. The Morgan fingerprint density at radius 1 is 1.45 bits per heavy atom. The van der Waals surface area contributed by atoms with Crippen LogP contribution in [0.25, 0.3) is 21.5 Å². The van der Waals surface area contributed by atoms with Crippen molar-refractivity contribution in [3.8, 4) is 11.3 Å². The zero-order chi connectivity index (χ0) is 15.9. The van der Waals surface area contributed by atoms with Crippen molar-refractivity contribution in [2.24, 2.45) is 0 Å². The summed E-state index contributed by atoms with van der Waals surface area (Å²) in [6.07, 6.45) is 1.67. The number of thiazole rings is 1. The minimum Gasteiger partial charge on any atom is -0.282 e. The molecule has 2 heterocycles. The number of pyridine rings is 1. The summed E-state index contributed by atoms with van der Waals surface area (Å²) in [4.78, 5) is 21.2. The van der Waals surface area contributed by atoms with Gasteiger partial charge in [-0.3, -0.25) is 14.7 Å². The Kier molecular flexibility index (Phi) is 4.16. The van der Waals surface area contributed by atoms with Crippen LogP contribution in [0.3, 0.4) is 0 Å². The van der Waals surface area contributed by atoms with Gasteiger partial charge in [-0.15, -0.1) is 0 Å². The van der Waals surface area contributed by atoms with Gasteiger partial charge in [0, 0.05) is 18.8 Å². The molecule has 0 bridgehead atoms. The molecule has 0 aliphatic heterocycles. The number of halogens is 2. The van der Waals surface area contributed by atoms with Crippen LogP contribution in [0.1, 0.15) is 0 Å². The van der Waals surface area contributed by atoms with Gasteiger partial charge in [0.1, 0.15) is 5.52 Å². The summed E-state index contributed by atoms with van der Waals surface area (Å²) in [5.74, 6) is -0.461. The average molecular weight is 398 g/mol. The molecule has 0 radical (unpaired) electrons. The van der Waals surface area contributed by atoms with E-state index in [1.54, 1.807) is 19.3 Å². The van der Waals surface area contributed by atoms with Gasteiger partial charge in [0.15, 0.2) is 10.9 Å². The smallest absolute Gasteiger partial charge is 0.282 e. The number of benzene rings is 1. The highest BCUT2D eigenvalue weighted by molar-refractivity contribution is 9.10. The maximum absolute atomic E-state index is 14.3. The number of rotatable bonds is 2. The predicted octanol–water partition coefficient (Wildman–Crippen LogP) is 4.75. The van der Waals surface area contributed by atoms with Crippen LogP contribution in [0, 0.1) is 5.82 Å². The molecule has 0 N–H and O–H groups in total. The lowest BCUT2D eigenvalue weighted by molar-refractivity contribution is 0.266. The van der Waals surface area contributed by atoms with E-state index >= 15 is 0 Å². The van der Waals surface area contributed by atoms with Crippen LogP contribution in [-0.2, 0) is 0 Å². The summed E-state index contributed by atoms with van der Waals surface area (Å²) in [5, 5.41) is -0.0814. The van der Waals surface area contributed by atoms with Crippen molar-refractivity contribution >= 4 is 60.5 Å². The second kappa shape index (κ2) is 5.94. The van der Waals surface area contributed by atoms with Gasteiger partial charge in [0.2, 0.25) is 0 Å². The number of carbonyl (C=O) groups is 1. The lowest BCUT2D eigenvalue weighted by Gasteiger charge is -2.08. The number of nitrogens with zero attached hydrogens (tertiary/aromatic N) is 3. The van der Waals surface area contributed by atoms with Gasteiger partial charge in [-0.2, -0.15) is 0 Å². The molecule has 22 heavy (non-hydrogen) atoms. The van der Waals surface area contributed by atoms with Crippen LogP contribution < -0.4 is 4.90 Å². The fraction of sp³-hybridized carbons (Fsp3) is 0.0714. The predicted molar refractivity (Wildman–Crippen MR) is 93.3 cm³/mol. The number of hydrogen-bond donors (Lipinski definition) is 1. The zero-order valence-electron chi connectivity index (χ0n) is 11.2. The summed E-state index contributed by atoms with van der Waals surface area (Å²) in [6.45, 7) is 0. The van der Waals surface area contributed by atoms with E-state index in [1.165, 1.54) is 16.2 Å². The second-order valence-corrected chi connectivity index (χ2v) is 6.67. The van der Waals surface area contributed by atoms with Gasteiger partial charge in [-0.1, -0.05) is 30.0 Å². The first-order valence-corrected chi connectivity index (χ1v) is 8.21. The molecule has 4 nitrogen and oxygen atoms in total. The molecule has 0 spiro atoms. The lowest BCUT2D eigenvalue weighted by atomic mass is 10.1. The van der Waals surface area contributed by atoms with Gasteiger partial charge in [-0.25, -0.2) is 9.37 Å². The van der Waals surface area contributed by atoms with Crippen molar-refractivity contribution in [3.05, 3.63) is 40.8 Å². The highest BCUT2D eigenvalue weighted by Gasteiger charge is 2.20. The van der Waals surface area contributed by atoms with E-state index in [2.05, 4.69) is 38.5 Å². The molecule has 8 heteroatoms.